The molecule has 1 saturated heterocycles. The lowest BCUT2D eigenvalue weighted by molar-refractivity contribution is 0.243. The Morgan fingerprint density at radius 1 is 1.25 bits per heavy atom. The average Bonchev–Trinajstić information content (AvgIpc) is 2.56. The van der Waals surface area contributed by atoms with E-state index in [9.17, 15) is 0 Å². The number of para-hydroxylation sites is 1. The zero-order chi connectivity index (χ0) is 9.54. The molecule has 2 nitrogen and oxygen atoms in total. The molecule has 0 bridgehead atoms. The summed E-state index contributed by atoms with van der Waals surface area (Å²) in [6.45, 7) is 2.43. The lowest BCUT2D eigenvalue weighted by Gasteiger charge is -2.32. The fraction of sp³-hybridized carbons (Fsp3) is 0.500. The number of piperidine rings is 1. The summed E-state index contributed by atoms with van der Waals surface area (Å²) >= 11 is 0. The van der Waals surface area contributed by atoms with Crippen LogP contribution in [0.3, 0.4) is 0 Å². The number of likely N-dealkylation sites (tertiary alicyclic amines) is 1. The van der Waals surface area contributed by atoms with E-state index >= 15 is 0 Å². The van der Waals surface area contributed by atoms with Gasteiger partial charge in [-0.05, 0) is 31.6 Å². The van der Waals surface area contributed by atoms with E-state index in [2.05, 4.69) is 41.5 Å². The van der Waals surface area contributed by atoms with Gasteiger partial charge in [0.15, 0.2) is 0 Å². The van der Waals surface area contributed by atoms with Crippen LogP contribution in [-0.2, 0) is 0 Å². The molecule has 2 aliphatic rings. The number of hydrogen-bond donors (Lipinski definition) is 1. The molecule has 0 spiro atoms. The van der Waals surface area contributed by atoms with Crippen molar-refractivity contribution in [2.75, 3.05) is 25.5 Å². The van der Waals surface area contributed by atoms with Crippen molar-refractivity contribution in [2.45, 2.75) is 18.4 Å². The van der Waals surface area contributed by atoms with Crippen LogP contribution in [0, 0.1) is 0 Å². The first-order valence-electron chi connectivity index (χ1n) is 5.38. The average molecular weight is 261 g/mol. The molecule has 1 aromatic carbocycles. The Morgan fingerprint density at radius 3 is 2.81 bits per heavy atom. The molecule has 2 aliphatic heterocycles. The Morgan fingerprint density at radius 2 is 2.00 bits per heavy atom. The first-order chi connectivity index (χ1) is 6.84. The molecule has 3 rings (SSSR count). The number of hydrogen-bond acceptors (Lipinski definition) is 2. The van der Waals surface area contributed by atoms with Crippen LogP contribution in [0.15, 0.2) is 24.3 Å². The van der Waals surface area contributed by atoms with Gasteiger partial charge in [0.2, 0.25) is 0 Å². The maximum Gasteiger partial charge on any atom is 0.0379 e. The van der Waals surface area contributed by atoms with Crippen molar-refractivity contribution in [1.82, 2.24) is 4.90 Å². The molecular formula is C12H18Cl2N2. The number of benzene rings is 1. The minimum atomic E-state index is 0. The number of anilines is 1. The largest absolute Gasteiger partial charge is 0.381 e. The molecule has 0 amide bonds. The van der Waals surface area contributed by atoms with Gasteiger partial charge in [0.05, 0.1) is 0 Å². The molecule has 0 aliphatic carbocycles. The minimum absolute atomic E-state index is 0. The Hall–Kier alpha value is -0.440. The van der Waals surface area contributed by atoms with Gasteiger partial charge in [-0.15, -0.1) is 24.8 Å². The van der Waals surface area contributed by atoms with Crippen LogP contribution >= 0.6 is 24.8 Å². The number of likely N-dealkylation sites (N-methyl/N-ethyl adjacent to an activating group) is 1. The zero-order valence-electron chi connectivity index (χ0n) is 9.35. The van der Waals surface area contributed by atoms with Gasteiger partial charge >= 0.3 is 0 Å². The molecule has 1 fully saturated rings. The monoisotopic (exact) mass is 260 g/mol. The zero-order valence-corrected chi connectivity index (χ0v) is 11.0. The highest BCUT2D eigenvalue weighted by molar-refractivity contribution is 5.85. The van der Waals surface area contributed by atoms with Crippen LogP contribution < -0.4 is 5.32 Å². The van der Waals surface area contributed by atoms with E-state index in [1.54, 1.807) is 0 Å². The van der Waals surface area contributed by atoms with Crippen molar-refractivity contribution in [2.24, 2.45) is 0 Å². The normalized spacial score (nSPS) is 26.8. The molecule has 4 heteroatoms. The fourth-order valence-electron chi connectivity index (χ4n) is 2.75. The van der Waals surface area contributed by atoms with Crippen molar-refractivity contribution in [3.63, 3.8) is 0 Å². The van der Waals surface area contributed by atoms with Gasteiger partial charge in [0.25, 0.3) is 0 Å². The molecule has 2 atom stereocenters. The fourth-order valence-corrected chi connectivity index (χ4v) is 2.75. The van der Waals surface area contributed by atoms with Crippen LogP contribution in [0.25, 0.3) is 0 Å². The van der Waals surface area contributed by atoms with Crippen LogP contribution in [0.2, 0.25) is 0 Å². The van der Waals surface area contributed by atoms with E-state index in [-0.39, 0.29) is 24.8 Å². The molecule has 1 aromatic rings. The third-order valence-corrected chi connectivity index (χ3v) is 3.52. The molecule has 0 unspecified atom stereocenters. The van der Waals surface area contributed by atoms with Gasteiger partial charge in [-0.25, -0.2) is 0 Å². The molecular weight excluding hydrogens is 243 g/mol. The Balaban J connectivity index is 0.000000640. The van der Waals surface area contributed by atoms with Crippen molar-refractivity contribution in [1.29, 1.82) is 0 Å². The summed E-state index contributed by atoms with van der Waals surface area (Å²) in [4.78, 5) is 2.44. The Kier molecular flexibility index (Phi) is 4.48. The topological polar surface area (TPSA) is 15.3 Å². The van der Waals surface area contributed by atoms with E-state index in [0.717, 1.165) is 0 Å². The first kappa shape index (κ1) is 13.6. The highest BCUT2D eigenvalue weighted by atomic mass is 35.5. The van der Waals surface area contributed by atoms with Gasteiger partial charge in [0, 0.05) is 24.2 Å². The van der Waals surface area contributed by atoms with Gasteiger partial charge in [-0.3, -0.25) is 0 Å². The van der Waals surface area contributed by atoms with E-state index in [0.29, 0.717) is 12.0 Å². The van der Waals surface area contributed by atoms with E-state index in [1.807, 2.05) is 0 Å². The smallest absolute Gasteiger partial charge is 0.0379 e. The van der Waals surface area contributed by atoms with Crippen molar-refractivity contribution >= 4 is 30.5 Å². The minimum Gasteiger partial charge on any atom is -0.381 e. The van der Waals surface area contributed by atoms with E-state index < -0.39 is 0 Å². The predicted octanol–water partition coefficient (Wildman–Crippen LogP) is 2.74. The SMILES string of the molecule is CN1CC[C@@H]2Nc3ccccc3[C@@H]2C1.Cl.Cl. The third kappa shape index (κ3) is 2.15. The maximum absolute atomic E-state index is 3.63. The number of halogens is 2. The molecule has 0 aromatic heterocycles. The predicted molar refractivity (Wildman–Crippen MR) is 73.2 cm³/mol. The van der Waals surface area contributed by atoms with Gasteiger partial charge in [0.1, 0.15) is 0 Å². The van der Waals surface area contributed by atoms with Crippen molar-refractivity contribution < 1.29 is 0 Å². The van der Waals surface area contributed by atoms with E-state index in [4.69, 9.17) is 0 Å². The second-order valence-corrected chi connectivity index (χ2v) is 4.50. The van der Waals surface area contributed by atoms with Gasteiger partial charge in [-0.1, -0.05) is 18.2 Å². The second-order valence-electron chi connectivity index (χ2n) is 4.50. The molecule has 90 valence electrons. The molecule has 16 heavy (non-hydrogen) atoms. The molecule has 0 saturated carbocycles. The van der Waals surface area contributed by atoms with Crippen LogP contribution in [-0.4, -0.2) is 31.1 Å². The summed E-state index contributed by atoms with van der Waals surface area (Å²) in [7, 11) is 2.22. The van der Waals surface area contributed by atoms with Crippen molar-refractivity contribution in [3.05, 3.63) is 29.8 Å². The summed E-state index contributed by atoms with van der Waals surface area (Å²) in [5, 5.41) is 3.63. The quantitative estimate of drug-likeness (QED) is 0.772. The third-order valence-electron chi connectivity index (χ3n) is 3.52. The van der Waals surface area contributed by atoms with Crippen LogP contribution in [0.4, 0.5) is 5.69 Å². The van der Waals surface area contributed by atoms with Crippen LogP contribution in [0.1, 0.15) is 17.9 Å². The summed E-state index contributed by atoms with van der Waals surface area (Å²) in [6, 6.07) is 9.42. The lowest BCUT2D eigenvalue weighted by Crippen LogP contribution is -2.39. The van der Waals surface area contributed by atoms with Crippen LogP contribution in [0.5, 0.6) is 0 Å². The number of nitrogens with zero attached hydrogens (tertiary/aromatic N) is 1. The maximum atomic E-state index is 3.63. The number of nitrogens with one attached hydrogen (secondary N) is 1. The first-order valence-corrected chi connectivity index (χ1v) is 5.38. The molecule has 1 N–H and O–H groups in total. The molecule has 2 heterocycles. The van der Waals surface area contributed by atoms with Gasteiger partial charge < -0.3 is 10.2 Å². The standard InChI is InChI=1S/C12H16N2.2ClH/c1-14-7-6-12-10(8-14)9-4-2-3-5-11(9)13-12;;/h2-5,10,12-13H,6-8H2,1H3;2*1H/t10-,12-;;/m0../s1. The highest BCUT2D eigenvalue weighted by Gasteiger charge is 2.35. The number of rotatable bonds is 0. The summed E-state index contributed by atoms with van der Waals surface area (Å²) in [5.41, 5.74) is 2.88. The van der Waals surface area contributed by atoms with Crippen molar-refractivity contribution in [3.8, 4) is 0 Å². The summed E-state index contributed by atoms with van der Waals surface area (Å²) < 4.78 is 0. The summed E-state index contributed by atoms with van der Waals surface area (Å²) in [5.74, 6) is 0.713. The second kappa shape index (κ2) is 5.26. The van der Waals surface area contributed by atoms with Gasteiger partial charge in [-0.2, -0.15) is 0 Å². The van der Waals surface area contributed by atoms with E-state index in [1.165, 1.54) is 30.8 Å². The Bertz CT molecular complexity index is 357. The summed E-state index contributed by atoms with van der Waals surface area (Å²) in [6.07, 6.45) is 1.27. The Labute approximate surface area is 109 Å². The number of fused-ring (bicyclic) bond motifs is 3. The highest BCUT2D eigenvalue weighted by Crippen LogP contribution is 2.39. The lowest BCUT2D eigenvalue weighted by atomic mass is 9.90. The molecule has 0 radical (unpaired) electrons.